The first-order chi connectivity index (χ1) is 9.88. The number of hydrogen-bond acceptors (Lipinski definition) is 7. The fourth-order valence-corrected chi connectivity index (χ4v) is 2.52. The zero-order valence-corrected chi connectivity index (χ0v) is 12.8. The number of anilines is 2. The van der Waals surface area contributed by atoms with Crippen LogP contribution in [0, 0.1) is 5.92 Å². The van der Waals surface area contributed by atoms with Crippen molar-refractivity contribution >= 4 is 17.8 Å². The molecule has 0 saturated carbocycles. The molecule has 1 aliphatic rings. The van der Waals surface area contributed by atoms with Gasteiger partial charge in [-0.15, -0.1) is 0 Å². The highest BCUT2D eigenvalue weighted by atomic mass is 16.1. The molecule has 1 amide bonds. The van der Waals surface area contributed by atoms with Gasteiger partial charge in [-0.3, -0.25) is 9.69 Å². The number of piperidine rings is 1. The van der Waals surface area contributed by atoms with E-state index in [1.807, 2.05) is 21.0 Å². The van der Waals surface area contributed by atoms with E-state index in [1.165, 1.54) is 0 Å². The Hall–Kier alpha value is -1.96. The summed E-state index contributed by atoms with van der Waals surface area (Å²) in [5.74, 6) is 1.21. The standard InChI is InChI=1S/C13H23N7O/c1-8(20-6-4-9(5-7-20)10(14)21)11-16-12(15)18-13(17-11)19(2)3/h8-9H,4-7H2,1-3H3,(H2,14,21)(H2,15,16,17,18). The van der Waals surface area contributed by atoms with Crippen LogP contribution in [0.3, 0.4) is 0 Å². The minimum absolute atomic E-state index is 0.0192. The Bertz CT molecular complexity index is 511. The van der Waals surface area contributed by atoms with Gasteiger partial charge >= 0.3 is 0 Å². The van der Waals surface area contributed by atoms with E-state index in [9.17, 15) is 4.79 Å². The number of primary amides is 1. The molecule has 0 radical (unpaired) electrons. The van der Waals surface area contributed by atoms with Crippen molar-refractivity contribution in [3.05, 3.63) is 5.82 Å². The molecule has 1 fully saturated rings. The summed E-state index contributed by atoms with van der Waals surface area (Å²) in [6.07, 6.45) is 1.56. The van der Waals surface area contributed by atoms with E-state index in [-0.39, 0.29) is 23.8 Å². The van der Waals surface area contributed by atoms with Gasteiger partial charge in [0.25, 0.3) is 0 Å². The second kappa shape index (κ2) is 6.21. The van der Waals surface area contributed by atoms with Crippen molar-refractivity contribution < 1.29 is 4.79 Å². The Morgan fingerprint density at radius 1 is 1.29 bits per heavy atom. The third kappa shape index (κ3) is 3.57. The van der Waals surface area contributed by atoms with Crippen molar-refractivity contribution in [2.24, 2.45) is 11.7 Å². The van der Waals surface area contributed by atoms with Crippen molar-refractivity contribution in [1.82, 2.24) is 19.9 Å². The number of hydrogen-bond donors (Lipinski definition) is 2. The quantitative estimate of drug-likeness (QED) is 0.788. The van der Waals surface area contributed by atoms with E-state index in [1.54, 1.807) is 4.90 Å². The Morgan fingerprint density at radius 3 is 2.43 bits per heavy atom. The average molecular weight is 293 g/mol. The molecule has 1 saturated heterocycles. The molecule has 1 atom stereocenters. The highest BCUT2D eigenvalue weighted by Gasteiger charge is 2.28. The third-order valence-corrected chi connectivity index (χ3v) is 3.91. The minimum atomic E-state index is -0.207. The van der Waals surface area contributed by atoms with Crippen LogP contribution in [0.5, 0.6) is 0 Å². The number of nitrogens with two attached hydrogens (primary N) is 2. The van der Waals surface area contributed by atoms with Crippen molar-refractivity contribution in [3.63, 3.8) is 0 Å². The molecule has 0 spiro atoms. The molecular formula is C13H23N7O. The smallest absolute Gasteiger partial charge is 0.229 e. The molecular weight excluding hydrogens is 270 g/mol. The van der Waals surface area contributed by atoms with E-state index in [0.717, 1.165) is 25.9 Å². The Morgan fingerprint density at radius 2 is 1.90 bits per heavy atom. The Labute approximate surface area is 124 Å². The summed E-state index contributed by atoms with van der Waals surface area (Å²) in [5, 5.41) is 0. The van der Waals surface area contributed by atoms with Crippen LogP contribution >= 0.6 is 0 Å². The molecule has 4 N–H and O–H groups in total. The molecule has 1 aliphatic heterocycles. The maximum absolute atomic E-state index is 11.2. The molecule has 0 bridgehead atoms. The second-order valence-electron chi connectivity index (χ2n) is 5.63. The van der Waals surface area contributed by atoms with E-state index in [4.69, 9.17) is 11.5 Å². The van der Waals surface area contributed by atoms with Crippen molar-refractivity contribution in [2.75, 3.05) is 37.8 Å². The molecule has 1 unspecified atom stereocenters. The zero-order valence-electron chi connectivity index (χ0n) is 12.8. The van der Waals surface area contributed by atoms with Gasteiger partial charge in [0.05, 0.1) is 6.04 Å². The SMILES string of the molecule is CC(c1nc(N)nc(N(C)C)n1)N1CCC(C(N)=O)CC1. The first-order valence-electron chi connectivity index (χ1n) is 7.10. The van der Waals surface area contributed by atoms with Gasteiger partial charge in [0, 0.05) is 20.0 Å². The fourth-order valence-electron chi connectivity index (χ4n) is 2.52. The van der Waals surface area contributed by atoms with Gasteiger partial charge in [0.1, 0.15) is 0 Å². The lowest BCUT2D eigenvalue weighted by molar-refractivity contribution is -0.123. The Balaban J connectivity index is 2.10. The predicted molar refractivity (Wildman–Crippen MR) is 80.5 cm³/mol. The fraction of sp³-hybridized carbons (Fsp3) is 0.692. The molecule has 2 rings (SSSR count). The molecule has 0 aliphatic carbocycles. The lowest BCUT2D eigenvalue weighted by Crippen LogP contribution is -2.40. The minimum Gasteiger partial charge on any atom is -0.369 e. The molecule has 116 valence electrons. The van der Waals surface area contributed by atoms with Crippen molar-refractivity contribution in [1.29, 1.82) is 0 Å². The predicted octanol–water partition coefficient (Wildman–Crippen LogP) is -0.222. The number of amides is 1. The summed E-state index contributed by atoms with van der Waals surface area (Å²) in [6, 6.07) is 0.0304. The maximum Gasteiger partial charge on any atom is 0.229 e. The summed E-state index contributed by atoms with van der Waals surface area (Å²) < 4.78 is 0. The number of nitrogen functional groups attached to an aromatic ring is 1. The molecule has 0 aromatic carbocycles. The van der Waals surface area contributed by atoms with Crippen LogP contribution in [0.2, 0.25) is 0 Å². The highest BCUT2D eigenvalue weighted by molar-refractivity contribution is 5.76. The topological polar surface area (TPSA) is 114 Å². The van der Waals surface area contributed by atoms with Gasteiger partial charge in [-0.1, -0.05) is 0 Å². The van der Waals surface area contributed by atoms with Gasteiger partial charge in [-0.25, -0.2) is 0 Å². The van der Waals surface area contributed by atoms with Crippen LogP contribution in [0.1, 0.15) is 31.6 Å². The third-order valence-electron chi connectivity index (χ3n) is 3.91. The number of likely N-dealkylation sites (tertiary alicyclic amines) is 1. The van der Waals surface area contributed by atoms with Crippen molar-refractivity contribution in [2.45, 2.75) is 25.8 Å². The van der Waals surface area contributed by atoms with E-state index < -0.39 is 0 Å². The van der Waals surface area contributed by atoms with E-state index >= 15 is 0 Å². The second-order valence-corrected chi connectivity index (χ2v) is 5.63. The number of carbonyl (C=O) groups excluding carboxylic acids is 1. The molecule has 1 aromatic rings. The lowest BCUT2D eigenvalue weighted by atomic mass is 9.95. The average Bonchev–Trinajstić information content (AvgIpc) is 2.45. The first kappa shape index (κ1) is 15.4. The van der Waals surface area contributed by atoms with E-state index in [2.05, 4.69) is 19.9 Å². The summed E-state index contributed by atoms with van der Waals surface area (Å²) in [6.45, 7) is 3.65. The molecule has 8 nitrogen and oxygen atoms in total. The van der Waals surface area contributed by atoms with Crippen LogP contribution < -0.4 is 16.4 Å². The summed E-state index contributed by atoms with van der Waals surface area (Å²) in [7, 11) is 3.73. The molecule has 1 aromatic heterocycles. The van der Waals surface area contributed by atoms with Crippen LogP contribution in [0.25, 0.3) is 0 Å². The van der Waals surface area contributed by atoms with E-state index in [0.29, 0.717) is 11.8 Å². The number of rotatable bonds is 4. The monoisotopic (exact) mass is 293 g/mol. The highest BCUT2D eigenvalue weighted by Crippen LogP contribution is 2.25. The normalized spacial score (nSPS) is 18.4. The van der Waals surface area contributed by atoms with Crippen LogP contribution in [0.15, 0.2) is 0 Å². The summed E-state index contributed by atoms with van der Waals surface area (Å²) in [5.41, 5.74) is 11.1. The number of nitrogens with zero attached hydrogens (tertiary/aromatic N) is 5. The lowest BCUT2D eigenvalue weighted by Gasteiger charge is -2.34. The van der Waals surface area contributed by atoms with Crippen LogP contribution in [-0.4, -0.2) is 52.9 Å². The Kier molecular flexibility index (Phi) is 4.56. The van der Waals surface area contributed by atoms with Gasteiger partial charge in [0.2, 0.25) is 17.8 Å². The zero-order chi connectivity index (χ0) is 15.6. The van der Waals surface area contributed by atoms with Crippen LogP contribution in [-0.2, 0) is 4.79 Å². The largest absolute Gasteiger partial charge is 0.369 e. The number of aromatic nitrogens is 3. The van der Waals surface area contributed by atoms with Crippen LogP contribution in [0.4, 0.5) is 11.9 Å². The maximum atomic E-state index is 11.2. The van der Waals surface area contributed by atoms with Gasteiger partial charge in [-0.2, -0.15) is 15.0 Å². The van der Waals surface area contributed by atoms with Crippen molar-refractivity contribution in [3.8, 4) is 0 Å². The summed E-state index contributed by atoms with van der Waals surface area (Å²) >= 11 is 0. The molecule has 2 heterocycles. The summed E-state index contributed by atoms with van der Waals surface area (Å²) in [4.78, 5) is 28.0. The van der Waals surface area contributed by atoms with Gasteiger partial charge in [0.15, 0.2) is 5.82 Å². The number of carbonyl (C=O) groups is 1. The molecule has 8 heteroatoms. The van der Waals surface area contributed by atoms with Gasteiger partial charge < -0.3 is 16.4 Å². The molecule has 21 heavy (non-hydrogen) atoms. The first-order valence-corrected chi connectivity index (χ1v) is 7.10. The van der Waals surface area contributed by atoms with Gasteiger partial charge in [-0.05, 0) is 32.9 Å².